The number of benzene rings is 1. The van der Waals surface area contributed by atoms with E-state index < -0.39 is 0 Å². The summed E-state index contributed by atoms with van der Waals surface area (Å²) in [5, 5.41) is 2.92. The summed E-state index contributed by atoms with van der Waals surface area (Å²) < 4.78 is 0. The monoisotopic (exact) mass is 280 g/mol. The van der Waals surface area contributed by atoms with Crippen LogP contribution in [0.4, 0.5) is 11.4 Å². The number of rotatable bonds is 7. The zero-order valence-corrected chi connectivity index (χ0v) is 12.8. The number of aryl methyl sites for hydroxylation is 1. The third kappa shape index (κ3) is 6.01. The van der Waals surface area contributed by atoms with Crippen molar-refractivity contribution in [1.82, 2.24) is 0 Å². The molecule has 0 saturated carbocycles. The van der Waals surface area contributed by atoms with E-state index in [0.717, 1.165) is 28.7 Å². The molecular weight excluding hydrogens is 256 g/mol. The zero-order valence-electron chi connectivity index (χ0n) is 12.0. The maximum Gasteiger partial charge on any atom is 0.225 e. The number of amides is 1. The number of nitrogens with two attached hydrogens (primary N) is 1. The van der Waals surface area contributed by atoms with E-state index in [1.165, 1.54) is 6.42 Å². The fraction of sp³-hybridized carbons (Fsp3) is 0.533. The summed E-state index contributed by atoms with van der Waals surface area (Å²) in [7, 11) is 0. The number of anilines is 2. The van der Waals surface area contributed by atoms with E-state index in [-0.39, 0.29) is 5.91 Å². The lowest BCUT2D eigenvalue weighted by Crippen LogP contribution is -2.13. The first-order valence-electron chi connectivity index (χ1n) is 6.76. The van der Waals surface area contributed by atoms with Crippen molar-refractivity contribution < 1.29 is 4.79 Å². The first-order valence-corrected chi connectivity index (χ1v) is 7.92. The maximum absolute atomic E-state index is 11.8. The molecule has 1 aromatic rings. The smallest absolute Gasteiger partial charge is 0.225 e. The zero-order chi connectivity index (χ0) is 14.3. The van der Waals surface area contributed by atoms with Gasteiger partial charge in [0.15, 0.2) is 0 Å². The van der Waals surface area contributed by atoms with E-state index in [9.17, 15) is 4.79 Å². The molecular formula is C15H24N2OS. The lowest BCUT2D eigenvalue weighted by molar-refractivity contribution is -0.115. The Morgan fingerprint density at radius 2 is 2.21 bits per heavy atom. The van der Waals surface area contributed by atoms with Gasteiger partial charge in [-0.15, -0.1) is 0 Å². The summed E-state index contributed by atoms with van der Waals surface area (Å²) in [5.74, 6) is 2.79. The van der Waals surface area contributed by atoms with E-state index >= 15 is 0 Å². The summed E-state index contributed by atoms with van der Waals surface area (Å²) in [6, 6.07) is 5.56. The second kappa shape index (κ2) is 8.10. The SMILES string of the molecule is CCC(C)CSCCC(=O)Nc1cc(N)ccc1C. The predicted octanol–water partition coefficient (Wildman–Crippen LogP) is 3.69. The van der Waals surface area contributed by atoms with Crippen molar-refractivity contribution >= 4 is 29.0 Å². The minimum Gasteiger partial charge on any atom is -0.399 e. The number of carbonyl (C=O) groups is 1. The molecule has 4 heteroatoms. The number of hydrogen-bond acceptors (Lipinski definition) is 3. The third-order valence-electron chi connectivity index (χ3n) is 3.11. The van der Waals surface area contributed by atoms with Gasteiger partial charge in [-0.3, -0.25) is 4.79 Å². The Bertz CT molecular complexity index is 421. The molecule has 0 heterocycles. The van der Waals surface area contributed by atoms with Crippen molar-refractivity contribution in [1.29, 1.82) is 0 Å². The number of thioether (sulfide) groups is 1. The highest BCUT2D eigenvalue weighted by Crippen LogP contribution is 2.19. The van der Waals surface area contributed by atoms with Gasteiger partial charge >= 0.3 is 0 Å². The van der Waals surface area contributed by atoms with E-state index in [0.29, 0.717) is 12.1 Å². The van der Waals surface area contributed by atoms with Crippen LogP contribution in [0.1, 0.15) is 32.3 Å². The Balaban J connectivity index is 2.33. The lowest BCUT2D eigenvalue weighted by atomic mass is 10.2. The molecule has 0 aliphatic carbocycles. The molecule has 1 atom stereocenters. The van der Waals surface area contributed by atoms with Crippen LogP contribution in [0.15, 0.2) is 18.2 Å². The van der Waals surface area contributed by atoms with Crippen LogP contribution < -0.4 is 11.1 Å². The average molecular weight is 280 g/mol. The summed E-state index contributed by atoms with van der Waals surface area (Å²) in [6.45, 7) is 6.40. The van der Waals surface area contributed by atoms with Crippen molar-refractivity contribution in [2.45, 2.75) is 33.6 Å². The summed E-state index contributed by atoms with van der Waals surface area (Å²) in [4.78, 5) is 11.8. The molecule has 0 aliphatic rings. The third-order valence-corrected chi connectivity index (χ3v) is 4.41. The van der Waals surface area contributed by atoms with E-state index in [1.54, 1.807) is 6.07 Å². The molecule has 0 aliphatic heterocycles. The van der Waals surface area contributed by atoms with Gasteiger partial charge in [-0.2, -0.15) is 11.8 Å². The molecule has 1 aromatic carbocycles. The first-order chi connectivity index (χ1) is 9.02. The van der Waals surface area contributed by atoms with Crippen molar-refractivity contribution in [3.05, 3.63) is 23.8 Å². The van der Waals surface area contributed by atoms with Gasteiger partial charge in [-0.1, -0.05) is 26.3 Å². The highest BCUT2D eigenvalue weighted by atomic mass is 32.2. The molecule has 0 aromatic heterocycles. The fourth-order valence-electron chi connectivity index (χ4n) is 1.55. The molecule has 3 nitrogen and oxygen atoms in total. The minimum atomic E-state index is 0.0605. The van der Waals surface area contributed by atoms with Gasteiger partial charge in [0.2, 0.25) is 5.91 Å². The number of hydrogen-bond donors (Lipinski definition) is 2. The van der Waals surface area contributed by atoms with Crippen LogP contribution in [0.5, 0.6) is 0 Å². The minimum absolute atomic E-state index is 0.0605. The number of nitrogens with one attached hydrogen (secondary N) is 1. The van der Waals surface area contributed by atoms with Crippen LogP contribution >= 0.6 is 11.8 Å². The van der Waals surface area contributed by atoms with Crippen LogP contribution in [-0.4, -0.2) is 17.4 Å². The molecule has 1 rings (SSSR count). The topological polar surface area (TPSA) is 55.1 Å². The second-order valence-corrected chi connectivity index (χ2v) is 6.11. The average Bonchev–Trinajstić information content (AvgIpc) is 2.38. The molecule has 19 heavy (non-hydrogen) atoms. The number of nitrogen functional groups attached to an aromatic ring is 1. The summed E-state index contributed by atoms with van der Waals surface area (Å²) in [6.07, 6.45) is 1.75. The van der Waals surface area contributed by atoms with Crippen molar-refractivity contribution in [3.63, 3.8) is 0 Å². The molecule has 106 valence electrons. The van der Waals surface area contributed by atoms with Gasteiger partial charge in [-0.05, 0) is 36.3 Å². The molecule has 0 fully saturated rings. The van der Waals surface area contributed by atoms with Crippen LogP contribution in [-0.2, 0) is 4.79 Å². The van der Waals surface area contributed by atoms with Crippen LogP contribution in [0.25, 0.3) is 0 Å². The van der Waals surface area contributed by atoms with E-state index in [4.69, 9.17) is 5.73 Å². The number of carbonyl (C=O) groups excluding carboxylic acids is 1. The van der Waals surface area contributed by atoms with Gasteiger partial charge in [0.05, 0.1) is 0 Å². The van der Waals surface area contributed by atoms with Crippen LogP contribution in [0.3, 0.4) is 0 Å². The quantitative estimate of drug-likeness (QED) is 0.591. The second-order valence-electron chi connectivity index (χ2n) is 4.96. The maximum atomic E-state index is 11.8. The van der Waals surface area contributed by atoms with Crippen molar-refractivity contribution in [2.24, 2.45) is 5.92 Å². The predicted molar refractivity (Wildman–Crippen MR) is 85.6 cm³/mol. The molecule has 0 spiro atoms. The first kappa shape index (κ1) is 15.9. The molecule has 0 bridgehead atoms. The van der Waals surface area contributed by atoms with Gasteiger partial charge in [0.1, 0.15) is 0 Å². The Labute approximate surface area is 120 Å². The van der Waals surface area contributed by atoms with Crippen LogP contribution in [0, 0.1) is 12.8 Å². The Morgan fingerprint density at radius 1 is 1.47 bits per heavy atom. The molecule has 0 radical (unpaired) electrons. The highest BCUT2D eigenvalue weighted by molar-refractivity contribution is 7.99. The largest absolute Gasteiger partial charge is 0.399 e. The summed E-state index contributed by atoms with van der Waals surface area (Å²) >= 11 is 1.85. The summed E-state index contributed by atoms with van der Waals surface area (Å²) in [5.41, 5.74) is 8.24. The van der Waals surface area contributed by atoms with Gasteiger partial charge < -0.3 is 11.1 Å². The Morgan fingerprint density at radius 3 is 2.89 bits per heavy atom. The normalized spacial score (nSPS) is 12.2. The van der Waals surface area contributed by atoms with Gasteiger partial charge in [0.25, 0.3) is 0 Å². The molecule has 0 saturated heterocycles. The van der Waals surface area contributed by atoms with E-state index in [1.807, 2.05) is 30.8 Å². The standard InChI is InChI=1S/C15H24N2OS/c1-4-11(2)10-19-8-7-15(18)17-14-9-13(16)6-5-12(14)3/h5-6,9,11H,4,7-8,10,16H2,1-3H3,(H,17,18). The molecule has 1 unspecified atom stereocenters. The van der Waals surface area contributed by atoms with Crippen molar-refractivity contribution in [3.8, 4) is 0 Å². The van der Waals surface area contributed by atoms with Gasteiger partial charge in [0, 0.05) is 23.5 Å². The lowest BCUT2D eigenvalue weighted by Gasteiger charge is -2.10. The molecule has 1 amide bonds. The molecule has 3 N–H and O–H groups in total. The Hall–Kier alpha value is -1.16. The highest BCUT2D eigenvalue weighted by Gasteiger charge is 2.06. The van der Waals surface area contributed by atoms with Crippen LogP contribution in [0.2, 0.25) is 0 Å². The fourth-order valence-corrected chi connectivity index (χ4v) is 2.69. The Kier molecular flexibility index (Phi) is 6.78. The van der Waals surface area contributed by atoms with E-state index in [2.05, 4.69) is 19.2 Å². The van der Waals surface area contributed by atoms with Crippen molar-refractivity contribution in [2.75, 3.05) is 22.6 Å². The van der Waals surface area contributed by atoms with Gasteiger partial charge in [-0.25, -0.2) is 0 Å².